The van der Waals surface area contributed by atoms with E-state index in [1.807, 2.05) is 35.0 Å². The number of nitrogens with zero attached hydrogens (tertiary/aromatic N) is 3. The maximum Gasteiger partial charge on any atom is 0.387 e. The van der Waals surface area contributed by atoms with Crippen molar-refractivity contribution in [3.63, 3.8) is 0 Å². The van der Waals surface area contributed by atoms with Crippen LogP contribution in [-0.2, 0) is 17.8 Å². The summed E-state index contributed by atoms with van der Waals surface area (Å²) in [6.07, 6.45) is 4.69. The molecule has 9 heteroatoms. The maximum atomic E-state index is 12.7. The molecule has 0 radical (unpaired) electrons. The van der Waals surface area contributed by atoms with Crippen LogP contribution in [0.25, 0.3) is 11.0 Å². The molecule has 7 nitrogen and oxygen atoms in total. The lowest BCUT2D eigenvalue weighted by Gasteiger charge is -2.17. The second-order valence-electron chi connectivity index (χ2n) is 7.45. The number of hydrogen-bond acceptors (Lipinski definition) is 5. The number of halogens is 2. The maximum absolute atomic E-state index is 12.7. The molecular weight excluding hydrogens is 416 g/mol. The Morgan fingerprint density at radius 1 is 1.16 bits per heavy atom. The number of aryl methyl sites for hydroxylation is 1. The second-order valence-corrected chi connectivity index (χ2v) is 7.45. The van der Waals surface area contributed by atoms with E-state index < -0.39 is 6.61 Å². The third-order valence-electron chi connectivity index (χ3n) is 5.29. The van der Waals surface area contributed by atoms with Crippen LogP contribution in [0.15, 0.2) is 60.9 Å². The van der Waals surface area contributed by atoms with Gasteiger partial charge in [0, 0.05) is 41.1 Å². The molecular formula is C23H19F2N5O2. The summed E-state index contributed by atoms with van der Waals surface area (Å²) < 4.78 is 32.0. The van der Waals surface area contributed by atoms with Gasteiger partial charge < -0.3 is 19.9 Å². The molecule has 4 aromatic rings. The van der Waals surface area contributed by atoms with Gasteiger partial charge in [-0.05, 0) is 42.3 Å². The summed E-state index contributed by atoms with van der Waals surface area (Å²) in [6, 6.07) is 14.3. The van der Waals surface area contributed by atoms with Gasteiger partial charge in [0.25, 0.3) is 0 Å². The Morgan fingerprint density at radius 3 is 2.91 bits per heavy atom. The molecule has 0 bridgehead atoms. The number of carbonyl (C=O) groups excluding carboxylic acids is 1. The highest BCUT2D eigenvalue weighted by Crippen LogP contribution is 2.28. The molecule has 0 fully saturated rings. The molecule has 1 aliphatic rings. The molecule has 2 aromatic heterocycles. The number of rotatable bonds is 6. The minimum absolute atomic E-state index is 0.0216. The van der Waals surface area contributed by atoms with E-state index in [1.54, 1.807) is 24.4 Å². The Kier molecular flexibility index (Phi) is 5.14. The summed E-state index contributed by atoms with van der Waals surface area (Å²) in [4.78, 5) is 20.5. The molecule has 0 atom stereocenters. The molecule has 162 valence electrons. The molecule has 1 aliphatic heterocycles. The van der Waals surface area contributed by atoms with Gasteiger partial charge in [-0.15, -0.1) is 0 Å². The standard InChI is InChI=1S/C23H19F2N5O2/c24-22(25)32-19-4-2-1-3-16(19)13-30-10-9-15-12-26-23(29-21(15)30)27-17-6-7-18-14(11-17)5-8-20(31)28-18/h1-4,6-7,9-12,22H,5,8,13H2,(H,28,31)(H,26,27,29). The SMILES string of the molecule is O=C1CCc2cc(Nc3ncc4ccn(Cc5ccccc5OC(F)F)c4n3)ccc2N1. The summed E-state index contributed by atoms with van der Waals surface area (Å²) >= 11 is 0. The van der Waals surface area contributed by atoms with Crippen LogP contribution in [0.2, 0.25) is 0 Å². The number of fused-ring (bicyclic) bond motifs is 2. The number of carbonyl (C=O) groups is 1. The first kappa shape index (κ1) is 19.9. The van der Waals surface area contributed by atoms with E-state index in [9.17, 15) is 13.6 Å². The molecule has 0 saturated heterocycles. The Hall–Kier alpha value is -4.01. The van der Waals surface area contributed by atoms with Gasteiger partial charge in [-0.3, -0.25) is 4.79 Å². The van der Waals surface area contributed by atoms with Crippen LogP contribution in [-0.4, -0.2) is 27.1 Å². The van der Waals surface area contributed by atoms with Crippen molar-refractivity contribution in [1.29, 1.82) is 0 Å². The van der Waals surface area contributed by atoms with E-state index >= 15 is 0 Å². The largest absolute Gasteiger partial charge is 0.434 e. The summed E-state index contributed by atoms with van der Waals surface area (Å²) in [5, 5.41) is 6.89. The van der Waals surface area contributed by atoms with Crippen molar-refractivity contribution < 1.29 is 18.3 Å². The van der Waals surface area contributed by atoms with Crippen LogP contribution in [0, 0.1) is 0 Å². The minimum Gasteiger partial charge on any atom is -0.434 e. The van der Waals surface area contributed by atoms with Crippen LogP contribution < -0.4 is 15.4 Å². The van der Waals surface area contributed by atoms with E-state index in [-0.39, 0.29) is 11.7 Å². The van der Waals surface area contributed by atoms with Crippen LogP contribution in [0.4, 0.5) is 26.1 Å². The normalized spacial score (nSPS) is 13.2. The molecule has 3 heterocycles. The smallest absolute Gasteiger partial charge is 0.387 e. The highest BCUT2D eigenvalue weighted by molar-refractivity contribution is 5.94. The molecule has 0 aliphatic carbocycles. The van der Waals surface area contributed by atoms with E-state index in [0.717, 1.165) is 22.3 Å². The minimum atomic E-state index is -2.89. The number of amides is 1. The summed E-state index contributed by atoms with van der Waals surface area (Å²) in [6.45, 7) is -2.57. The van der Waals surface area contributed by atoms with Crippen LogP contribution in [0.5, 0.6) is 5.75 Å². The molecule has 0 saturated carbocycles. The van der Waals surface area contributed by atoms with E-state index in [4.69, 9.17) is 0 Å². The fourth-order valence-corrected chi connectivity index (χ4v) is 3.78. The summed E-state index contributed by atoms with van der Waals surface area (Å²) in [5.41, 5.74) is 3.97. The lowest BCUT2D eigenvalue weighted by molar-refractivity contribution is -0.116. The van der Waals surface area contributed by atoms with Crippen molar-refractivity contribution in [2.75, 3.05) is 10.6 Å². The number of hydrogen-bond donors (Lipinski definition) is 2. The van der Waals surface area contributed by atoms with Gasteiger partial charge in [-0.1, -0.05) is 18.2 Å². The van der Waals surface area contributed by atoms with Crippen LogP contribution >= 0.6 is 0 Å². The molecule has 5 rings (SSSR count). The fraction of sp³-hybridized carbons (Fsp3) is 0.174. The van der Waals surface area contributed by atoms with Gasteiger partial charge in [0.15, 0.2) is 0 Å². The number of ether oxygens (including phenoxy) is 1. The molecule has 0 unspecified atom stereocenters. The third kappa shape index (κ3) is 4.09. The zero-order valence-corrected chi connectivity index (χ0v) is 16.9. The van der Waals surface area contributed by atoms with E-state index in [2.05, 4.69) is 25.3 Å². The fourth-order valence-electron chi connectivity index (χ4n) is 3.78. The Labute approximate surface area is 182 Å². The first-order valence-corrected chi connectivity index (χ1v) is 10.1. The second kappa shape index (κ2) is 8.26. The summed E-state index contributed by atoms with van der Waals surface area (Å²) in [5.74, 6) is 0.570. The number of anilines is 3. The monoisotopic (exact) mass is 435 g/mol. The van der Waals surface area contributed by atoms with E-state index in [1.165, 1.54) is 6.07 Å². The Bertz CT molecular complexity index is 1300. The molecule has 0 spiro atoms. The number of aromatic nitrogens is 3. The van der Waals surface area contributed by atoms with Crippen LogP contribution in [0.3, 0.4) is 0 Å². The average Bonchev–Trinajstić information content (AvgIpc) is 3.17. The van der Waals surface area contributed by atoms with Gasteiger partial charge in [0.1, 0.15) is 11.4 Å². The number of benzene rings is 2. The van der Waals surface area contributed by atoms with Gasteiger partial charge in [0.2, 0.25) is 11.9 Å². The molecule has 2 N–H and O–H groups in total. The zero-order valence-electron chi connectivity index (χ0n) is 16.9. The third-order valence-corrected chi connectivity index (χ3v) is 5.29. The highest BCUT2D eigenvalue weighted by Gasteiger charge is 2.15. The molecule has 2 aromatic carbocycles. The van der Waals surface area contributed by atoms with Crippen molar-refractivity contribution in [3.05, 3.63) is 72.1 Å². The Morgan fingerprint density at radius 2 is 2.03 bits per heavy atom. The van der Waals surface area contributed by atoms with Crippen molar-refractivity contribution >= 4 is 34.3 Å². The van der Waals surface area contributed by atoms with Crippen LogP contribution in [0.1, 0.15) is 17.5 Å². The van der Waals surface area contributed by atoms with Crippen molar-refractivity contribution in [1.82, 2.24) is 14.5 Å². The topological polar surface area (TPSA) is 81.1 Å². The van der Waals surface area contributed by atoms with Crippen molar-refractivity contribution in [2.45, 2.75) is 26.0 Å². The zero-order chi connectivity index (χ0) is 22.1. The summed E-state index contributed by atoms with van der Waals surface area (Å²) in [7, 11) is 0. The van der Waals surface area contributed by atoms with Crippen molar-refractivity contribution in [2.24, 2.45) is 0 Å². The van der Waals surface area contributed by atoms with Gasteiger partial charge in [-0.25, -0.2) is 4.98 Å². The predicted molar refractivity (Wildman–Crippen MR) is 116 cm³/mol. The first-order valence-electron chi connectivity index (χ1n) is 10.1. The predicted octanol–water partition coefficient (Wildman–Crippen LogP) is 4.71. The number of para-hydroxylation sites is 1. The quantitative estimate of drug-likeness (QED) is 0.459. The molecule has 1 amide bonds. The van der Waals surface area contributed by atoms with Gasteiger partial charge in [-0.2, -0.15) is 13.8 Å². The Balaban J connectivity index is 1.41. The van der Waals surface area contributed by atoms with E-state index in [0.29, 0.717) is 36.5 Å². The lowest BCUT2D eigenvalue weighted by Crippen LogP contribution is -2.18. The average molecular weight is 435 g/mol. The first-order chi connectivity index (χ1) is 15.5. The number of nitrogens with one attached hydrogen (secondary N) is 2. The molecule has 32 heavy (non-hydrogen) atoms. The highest BCUT2D eigenvalue weighted by atomic mass is 19.3. The van der Waals surface area contributed by atoms with Gasteiger partial charge in [0.05, 0.1) is 6.54 Å². The van der Waals surface area contributed by atoms with Gasteiger partial charge >= 0.3 is 6.61 Å². The number of alkyl halides is 2. The van der Waals surface area contributed by atoms with Crippen molar-refractivity contribution in [3.8, 4) is 5.75 Å². The lowest BCUT2D eigenvalue weighted by atomic mass is 10.0.